The topological polar surface area (TPSA) is 81.1 Å². The van der Waals surface area contributed by atoms with Crippen LogP contribution in [0.1, 0.15) is 24.1 Å². The van der Waals surface area contributed by atoms with Crippen molar-refractivity contribution in [1.29, 1.82) is 0 Å². The standard InChI is InChI=1S/C21H23N5O2/c1-13-8-10-15(11-9-13)19-18(14(2)24-21-22-12-23-26(19)21)20(27)25-16-6-4-5-7-17(16)28-3/h4-12,14,18-19H,1-3H3,(H,25,27)(H,22,23,24). The number of hydrogen-bond donors (Lipinski definition) is 2. The molecule has 1 aliphatic heterocycles. The third kappa shape index (κ3) is 3.19. The zero-order valence-electron chi connectivity index (χ0n) is 16.1. The summed E-state index contributed by atoms with van der Waals surface area (Å²) in [6.45, 7) is 4.04. The molecule has 3 atom stereocenters. The minimum atomic E-state index is -0.387. The predicted octanol–water partition coefficient (Wildman–Crippen LogP) is 3.25. The summed E-state index contributed by atoms with van der Waals surface area (Å²) in [4.78, 5) is 17.7. The summed E-state index contributed by atoms with van der Waals surface area (Å²) in [5.74, 6) is 0.804. The van der Waals surface area contributed by atoms with Crippen LogP contribution in [-0.2, 0) is 4.79 Å². The third-order valence-electron chi connectivity index (χ3n) is 5.16. The number of aromatic nitrogens is 3. The molecule has 144 valence electrons. The van der Waals surface area contributed by atoms with E-state index in [9.17, 15) is 4.79 Å². The van der Waals surface area contributed by atoms with E-state index in [2.05, 4.69) is 20.7 Å². The van der Waals surface area contributed by atoms with Crippen molar-refractivity contribution in [3.63, 3.8) is 0 Å². The minimum Gasteiger partial charge on any atom is -0.495 e. The van der Waals surface area contributed by atoms with Gasteiger partial charge in [-0.05, 0) is 31.5 Å². The average molecular weight is 377 g/mol. The fourth-order valence-corrected chi connectivity index (χ4v) is 3.72. The van der Waals surface area contributed by atoms with Crippen molar-refractivity contribution >= 4 is 17.5 Å². The number of carbonyl (C=O) groups excluding carboxylic acids is 1. The fraction of sp³-hybridized carbons (Fsp3) is 0.286. The SMILES string of the molecule is COc1ccccc1NC(=O)C1C(C)Nc2ncnn2C1c1ccc(C)cc1. The predicted molar refractivity (Wildman–Crippen MR) is 108 cm³/mol. The van der Waals surface area contributed by atoms with E-state index < -0.39 is 0 Å². The Kier molecular flexibility index (Phi) is 4.73. The number of aryl methyl sites for hydroxylation is 1. The highest BCUT2D eigenvalue weighted by Gasteiger charge is 2.41. The van der Waals surface area contributed by atoms with Gasteiger partial charge in [-0.15, -0.1) is 0 Å². The summed E-state index contributed by atoms with van der Waals surface area (Å²) in [5, 5.41) is 10.7. The van der Waals surface area contributed by atoms with E-state index in [0.29, 0.717) is 17.4 Å². The quantitative estimate of drug-likeness (QED) is 0.729. The lowest BCUT2D eigenvalue weighted by molar-refractivity contribution is -0.121. The number of fused-ring (bicyclic) bond motifs is 1. The highest BCUT2D eigenvalue weighted by molar-refractivity contribution is 5.95. The van der Waals surface area contributed by atoms with Crippen molar-refractivity contribution < 1.29 is 9.53 Å². The number of methoxy groups -OCH3 is 1. The zero-order valence-corrected chi connectivity index (χ0v) is 16.1. The molecular weight excluding hydrogens is 354 g/mol. The van der Waals surface area contributed by atoms with Crippen molar-refractivity contribution in [2.75, 3.05) is 17.7 Å². The number of nitrogens with zero attached hydrogens (tertiary/aromatic N) is 3. The molecule has 1 amide bonds. The number of hydrogen-bond acceptors (Lipinski definition) is 5. The van der Waals surface area contributed by atoms with Gasteiger partial charge in [0.1, 0.15) is 12.1 Å². The Morgan fingerprint density at radius 3 is 2.68 bits per heavy atom. The van der Waals surface area contributed by atoms with Crippen molar-refractivity contribution in [2.45, 2.75) is 25.9 Å². The molecule has 7 nitrogen and oxygen atoms in total. The van der Waals surface area contributed by atoms with Crippen LogP contribution in [0.25, 0.3) is 0 Å². The van der Waals surface area contributed by atoms with E-state index in [4.69, 9.17) is 4.74 Å². The van der Waals surface area contributed by atoms with Crippen LogP contribution in [0.4, 0.5) is 11.6 Å². The monoisotopic (exact) mass is 377 g/mol. The van der Waals surface area contributed by atoms with E-state index in [1.165, 1.54) is 11.9 Å². The second kappa shape index (κ2) is 7.34. The normalized spacial score (nSPS) is 20.8. The Hall–Kier alpha value is -3.35. The lowest BCUT2D eigenvalue weighted by atomic mass is 9.85. The lowest BCUT2D eigenvalue weighted by Crippen LogP contribution is -2.46. The Morgan fingerprint density at radius 2 is 1.93 bits per heavy atom. The zero-order chi connectivity index (χ0) is 19.7. The molecular formula is C21H23N5O2. The Bertz CT molecular complexity index is 982. The first-order valence-electron chi connectivity index (χ1n) is 9.25. The summed E-state index contributed by atoms with van der Waals surface area (Å²) >= 11 is 0. The maximum Gasteiger partial charge on any atom is 0.232 e. The smallest absolute Gasteiger partial charge is 0.232 e. The molecule has 1 aromatic heterocycles. The number of nitrogens with one attached hydrogen (secondary N) is 2. The van der Waals surface area contributed by atoms with Gasteiger partial charge in [0.25, 0.3) is 0 Å². The average Bonchev–Trinajstić information content (AvgIpc) is 3.16. The van der Waals surface area contributed by atoms with Crippen LogP contribution in [0, 0.1) is 12.8 Å². The molecule has 0 fully saturated rings. The molecule has 2 N–H and O–H groups in total. The molecule has 0 bridgehead atoms. The van der Waals surface area contributed by atoms with Gasteiger partial charge in [-0.1, -0.05) is 42.0 Å². The third-order valence-corrected chi connectivity index (χ3v) is 5.16. The van der Waals surface area contributed by atoms with Crippen molar-refractivity contribution in [2.24, 2.45) is 5.92 Å². The van der Waals surface area contributed by atoms with E-state index in [0.717, 1.165) is 5.56 Å². The van der Waals surface area contributed by atoms with Crippen LogP contribution in [0.15, 0.2) is 54.9 Å². The highest BCUT2D eigenvalue weighted by atomic mass is 16.5. The summed E-state index contributed by atoms with van der Waals surface area (Å²) in [5.41, 5.74) is 2.83. The van der Waals surface area contributed by atoms with Crippen LogP contribution >= 0.6 is 0 Å². The van der Waals surface area contributed by atoms with Crippen LogP contribution in [-0.4, -0.2) is 33.8 Å². The van der Waals surface area contributed by atoms with Crippen molar-refractivity contribution in [3.8, 4) is 5.75 Å². The first-order chi connectivity index (χ1) is 13.6. The van der Waals surface area contributed by atoms with Gasteiger partial charge in [0.05, 0.1) is 24.8 Å². The first kappa shape index (κ1) is 18.0. The molecule has 2 heterocycles. The summed E-state index contributed by atoms with van der Waals surface area (Å²) in [6, 6.07) is 15.2. The Morgan fingerprint density at radius 1 is 1.18 bits per heavy atom. The number of ether oxygens (including phenoxy) is 1. The van der Waals surface area contributed by atoms with Gasteiger partial charge >= 0.3 is 0 Å². The Labute approximate surface area is 163 Å². The first-order valence-corrected chi connectivity index (χ1v) is 9.25. The van der Waals surface area contributed by atoms with Gasteiger partial charge in [0, 0.05) is 6.04 Å². The second-order valence-electron chi connectivity index (χ2n) is 7.03. The molecule has 0 saturated heterocycles. The van der Waals surface area contributed by atoms with Gasteiger partial charge in [-0.25, -0.2) is 4.68 Å². The number of anilines is 2. The van der Waals surface area contributed by atoms with Gasteiger partial charge in [-0.3, -0.25) is 4.79 Å². The molecule has 0 saturated carbocycles. The largest absolute Gasteiger partial charge is 0.495 e. The number of amides is 1. The van der Waals surface area contributed by atoms with Crippen molar-refractivity contribution in [1.82, 2.24) is 14.8 Å². The highest BCUT2D eigenvalue weighted by Crippen LogP contribution is 2.37. The molecule has 1 aliphatic rings. The fourth-order valence-electron chi connectivity index (χ4n) is 3.72. The summed E-state index contributed by atoms with van der Waals surface area (Å²) < 4.78 is 7.16. The molecule has 3 unspecified atom stereocenters. The molecule has 7 heteroatoms. The summed E-state index contributed by atoms with van der Waals surface area (Å²) in [6.07, 6.45) is 1.51. The van der Waals surface area contributed by atoms with Crippen LogP contribution in [0.2, 0.25) is 0 Å². The van der Waals surface area contributed by atoms with Gasteiger partial charge in [0.2, 0.25) is 11.9 Å². The number of benzene rings is 2. The number of para-hydroxylation sites is 2. The number of carbonyl (C=O) groups is 1. The van der Waals surface area contributed by atoms with Crippen LogP contribution in [0.3, 0.4) is 0 Å². The van der Waals surface area contributed by atoms with Gasteiger partial charge in [0.15, 0.2) is 0 Å². The molecule has 3 aromatic rings. The summed E-state index contributed by atoms with van der Waals surface area (Å²) in [7, 11) is 1.59. The van der Waals surface area contributed by atoms with E-state index >= 15 is 0 Å². The number of rotatable bonds is 4. The van der Waals surface area contributed by atoms with Crippen molar-refractivity contribution in [3.05, 3.63) is 66.0 Å². The van der Waals surface area contributed by atoms with Gasteiger partial charge in [-0.2, -0.15) is 10.1 Å². The van der Waals surface area contributed by atoms with E-state index in [1.54, 1.807) is 11.8 Å². The molecule has 2 aromatic carbocycles. The van der Waals surface area contributed by atoms with Crippen LogP contribution < -0.4 is 15.4 Å². The Balaban J connectivity index is 1.72. The second-order valence-corrected chi connectivity index (χ2v) is 7.03. The molecule has 0 radical (unpaired) electrons. The van der Waals surface area contributed by atoms with Gasteiger partial charge < -0.3 is 15.4 Å². The molecule has 4 rings (SSSR count). The van der Waals surface area contributed by atoms with E-state index in [1.807, 2.05) is 62.4 Å². The molecule has 0 aliphatic carbocycles. The maximum atomic E-state index is 13.4. The minimum absolute atomic E-state index is 0.101. The van der Waals surface area contributed by atoms with E-state index in [-0.39, 0.29) is 23.9 Å². The maximum absolute atomic E-state index is 13.4. The molecule has 0 spiro atoms. The molecule has 28 heavy (non-hydrogen) atoms. The van der Waals surface area contributed by atoms with Crippen LogP contribution in [0.5, 0.6) is 5.75 Å². The lowest BCUT2D eigenvalue weighted by Gasteiger charge is -2.37.